The van der Waals surface area contributed by atoms with Gasteiger partial charge in [0, 0.05) is 18.8 Å². The Labute approximate surface area is 73.2 Å². The normalized spacial score (nSPS) is 32.4. The first-order valence-electron chi connectivity index (χ1n) is 4.59. The average molecular weight is 166 g/mol. The third-order valence-corrected chi connectivity index (χ3v) is 2.84. The molecule has 1 aliphatic carbocycles. The van der Waals surface area contributed by atoms with Crippen LogP contribution in [-0.4, -0.2) is 19.0 Å². The second-order valence-corrected chi connectivity index (χ2v) is 3.51. The minimum Gasteiger partial charge on any atom is -0.347 e. The lowest BCUT2D eigenvalue weighted by Crippen LogP contribution is -2.34. The Morgan fingerprint density at radius 1 is 1.42 bits per heavy atom. The Bertz CT molecular complexity index is 193. The maximum absolute atomic E-state index is 5.65. The number of hydrogen-bond acceptors (Lipinski definition) is 2. The van der Waals surface area contributed by atoms with Crippen molar-refractivity contribution >= 4 is 0 Å². The molecule has 1 unspecified atom stereocenters. The fourth-order valence-electron chi connectivity index (χ4n) is 2.27. The molecule has 0 aromatic carbocycles. The lowest BCUT2D eigenvalue weighted by Gasteiger charge is -2.27. The smallest absolute Gasteiger partial charge is 0.172 e. The average Bonchev–Trinajstić information content (AvgIpc) is 2.66. The van der Waals surface area contributed by atoms with E-state index < -0.39 is 0 Å². The Kier molecular flexibility index (Phi) is 2.08. The summed E-state index contributed by atoms with van der Waals surface area (Å²) in [5, 5.41) is 0. The molecule has 2 rings (SSSR count). The molecule has 12 heavy (non-hydrogen) atoms. The van der Waals surface area contributed by atoms with Crippen molar-refractivity contribution in [3.63, 3.8) is 0 Å². The van der Waals surface area contributed by atoms with E-state index in [4.69, 9.17) is 15.9 Å². The zero-order valence-corrected chi connectivity index (χ0v) is 7.21. The highest BCUT2D eigenvalue weighted by molar-refractivity contribution is 4.97. The molecule has 1 atom stereocenters. The van der Waals surface area contributed by atoms with E-state index in [9.17, 15) is 0 Å². The summed E-state index contributed by atoms with van der Waals surface area (Å²) in [5.41, 5.74) is 0. The van der Waals surface area contributed by atoms with Gasteiger partial charge in [0.05, 0.1) is 13.2 Å². The fraction of sp³-hybridized carbons (Fsp3) is 0.800. The van der Waals surface area contributed by atoms with Gasteiger partial charge in [-0.15, -0.1) is 12.3 Å². The summed E-state index contributed by atoms with van der Waals surface area (Å²) in [6, 6.07) is 0. The van der Waals surface area contributed by atoms with Crippen LogP contribution in [0.1, 0.15) is 25.7 Å². The highest BCUT2D eigenvalue weighted by Gasteiger charge is 2.47. The van der Waals surface area contributed by atoms with E-state index in [1.165, 1.54) is 6.42 Å². The lowest BCUT2D eigenvalue weighted by atomic mass is 9.99. The van der Waals surface area contributed by atoms with Crippen LogP contribution in [-0.2, 0) is 9.47 Å². The molecule has 1 aliphatic heterocycles. The number of rotatable bonds is 1. The molecule has 1 saturated carbocycles. The molecule has 66 valence electrons. The van der Waals surface area contributed by atoms with Gasteiger partial charge in [-0.25, -0.2) is 0 Å². The molecule has 1 heterocycles. The van der Waals surface area contributed by atoms with Crippen molar-refractivity contribution in [1.82, 2.24) is 0 Å². The number of hydrogen-bond donors (Lipinski definition) is 0. The van der Waals surface area contributed by atoms with Crippen molar-refractivity contribution < 1.29 is 9.47 Å². The molecule has 2 fully saturated rings. The second-order valence-electron chi connectivity index (χ2n) is 3.51. The first-order chi connectivity index (χ1) is 5.87. The summed E-state index contributed by atoms with van der Waals surface area (Å²) in [6.45, 7) is 1.47. The Morgan fingerprint density at radius 3 is 2.83 bits per heavy atom. The fourth-order valence-corrected chi connectivity index (χ4v) is 2.27. The summed E-state index contributed by atoms with van der Waals surface area (Å²) in [4.78, 5) is 0. The van der Waals surface area contributed by atoms with Crippen LogP contribution in [0.3, 0.4) is 0 Å². The Hall–Kier alpha value is -0.520. The van der Waals surface area contributed by atoms with Gasteiger partial charge >= 0.3 is 0 Å². The summed E-state index contributed by atoms with van der Waals surface area (Å²) < 4.78 is 11.3. The SMILES string of the molecule is C#CCC1CCCC12OCCO2. The van der Waals surface area contributed by atoms with Gasteiger partial charge < -0.3 is 9.47 Å². The van der Waals surface area contributed by atoms with Crippen molar-refractivity contribution in [3.8, 4) is 12.3 Å². The predicted molar refractivity (Wildman–Crippen MR) is 45.4 cm³/mol. The van der Waals surface area contributed by atoms with Gasteiger partial charge in [0.25, 0.3) is 0 Å². The maximum atomic E-state index is 5.65. The van der Waals surface area contributed by atoms with Crippen LogP contribution >= 0.6 is 0 Å². The van der Waals surface area contributed by atoms with Crippen molar-refractivity contribution in [1.29, 1.82) is 0 Å². The molecule has 0 bridgehead atoms. The van der Waals surface area contributed by atoms with Gasteiger partial charge in [0.15, 0.2) is 5.79 Å². The van der Waals surface area contributed by atoms with Crippen LogP contribution in [0.5, 0.6) is 0 Å². The molecule has 0 aromatic rings. The number of ether oxygens (including phenoxy) is 2. The molecule has 2 heteroatoms. The van der Waals surface area contributed by atoms with Crippen LogP contribution in [0, 0.1) is 18.3 Å². The first-order valence-corrected chi connectivity index (χ1v) is 4.59. The largest absolute Gasteiger partial charge is 0.347 e. The van der Waals surface area contributed by atoms with E-state index in [1.807, 2.05) is 0 Å². The van der Waals surface area contributed by atoms with Crippen molar-refractivity contribution in [3.05, 3.63) is 0 Å². The molecule has 0 aromatic heterocycles. The van der Waals surface area contributed by atoms with Gasteiger partial charge in [0.1, 0.15) is 0 Å². The summed E-state index contributed by atoms with van der Waals surface area (Å²) in [7, 11) is 0. The van der Waals surface area contributed by atoms with E-state index in [0.29, 0.717) is 5.92 Å². The zero-order valence-electron chi connectivity index (χ0n) is 7.21. The van der Waals surface area contributed by atoms with Crippen molar-refractivity contribution in [2.45, 2.75) is 31.5 Å². The predicted octanol–water partition coefficient (Wildman–Crippen LogP) is 1.55. The molecule has 2 aliphatic rings. The molecule has 2 nitrogen and oxygen atoms in total. The molecular weight excluding hydrogens is 152 g/mol. The van der Waals surface area contributed by atoms with Crippen LogP contribution in [0.15, 0.2) is 0 Å². The first kappa shape index (κ1) is 8.10. The number of terminal acetylenes is 1. The van der Waals surface area contributed by atoms with E-state index in [0.717, 1.165) is 32.5 Å². The standard InChI is InChI=1S/C10H14O2/c1-2-4-9-5-3-6-10(9)11-7-8-12-10/h1,9H,3-8H2. The highest BCUT2D eigenvalue weighted by atomic mass is 16.7. The molecule has 0 amide bonds. The monoisotopic (exact) mass is 166 g/mol. The van der Waals surface area contributed by atoms with Gasteiger partial charge in [0.2, 0.25) is 0 Å². The minimum atomic E-state index is -0.285. The van der Waals surface area contributed by atoms with Crippen LogP contribution in [0.4, 0.5) is 0 Å². The van der Waals surface area contributed by atoms with Crippen LogP contribution < -0.4 is 0 Å². The molecular formula is C10H14O2. The third-order valence-electron chi connectivity index (χ3n) is 2.84. The van der Waals surface area contributed by atoms with Gasteiger partial charge in [-0.2, -0.15) is 0 Å². The zero-order chi connectivity index (χ0) is 8.44. The van der Waals surface area contributed by atoms with Crippen molar-refractivity contribution in [2.75, 3.05) is 13.2 Å². The van der Waals surface area contributed by atoms with Crippen LogP contribution in [0.2, 0.25) is 0 Å². The topological polar surface area (TPSA) is 18.5 Å². The molecule has 1 spiro atoms. The highest BCUT2D eigenvalue weighted by Crippen LogP contribution is 2.43. The quantitative estimate of drug-likeness (QED) is 0.550. The Balaban J connectivity index is 2.07. The van der Waals surface area contributed by atoms with Gasteiger partial charge in [-0.3, -0.25) is 0 Å². The molecule has 1 saturated heterocycles. The lowest BCUT2D eigenvalue weighted by molar-refractivity contribution is -0.179. The van der Waals surface area contributed by atoms with E-state index in [-0.39, 0.29) is 5.79 Å². The summed E-state index contributed by atoms with van der Waals surface area (Å²) in [6.07, 6.45) is 9.46. The minimum absolute atomic E-state index is 0.285. The van der Waals surface area contributed by atoms with Crippen molar-refractivity contribution in [2.24, 2.45) is 5.92 Å². The van der Waals surface area contributed by atoms with E-state index >= 15 is 0 Å². The Morgan fingerprint density at radius 2 is 2.17 bits per heavy atom. The summed E-state index contributed by atoms with van der Waals surface area (Å²) in [5.74, 6) is 2.85. The molecule has 0 N–H and O–H groups in total. The summed E-state index contributed by atoms with van der Waals surface area (Å²) >= 11 is 0. The maximum Gasteiger partial charge on any atom is 0.172 e. The van der Waals surface area contributed by atoms with Gasteiger partial charge in [-0.1, -0.05) is 0 Å². The van der Waals surface area contributed by atoms with Gasteiger partial charge in [-0.05, 0) is 12.8 Å². The third kappa shape index (κ3) is 1.14. The van der Waals surface area contributed by atoms with E-state index in [2.05, 4.69) is 5.92 Å². The van der Waals surface area contributed by atoms with E-state index in [1.54, 1.807) is 0 Å². The molecule has 0 radical (unpaired) electrons. The van der Waals surface area contributed by atoms with Crippen LogP contribution in [0.25, 0.3) is 0 Å². The second kappa shape index (κ2) is 3.08.